The molecule has 0 aliphatic rings. The molecule has 1 rings (SSSR count). The molecule has 1 aromatic heterocycles. The van der Waals surface area contributed by atoms with E-state index in [4.69, 9.17) is 22.1 Å². The molecule has 0 saturated carbocycles. The maximum Gasteiger partial charge on any atom is 0.167 e. The largest absolute Gasteiger partial charge is 0.383 e. The van der Waals surface area contributed by atoms with Gasteiger partial charge in [-0.3, -0.25) is 0 Å². The molecule has 0 radical (unpaired) electrons. The lowest BCUT2D eigenvalue weighted by molar-refractivity contribution is 0.205. The van der Waals surface area contributed by atoms with Crippen molar-refractivity contribution < 1.29 is 9.13 Å². The van der Waals surface area contributed by atoms with Crippen LogP contribution in [0.5, 0.6) is 0 Å². The molecule has 0 aliphatic carbocycles. The lowest BCUT2D eigenvalue weighted by Crippen LogP contribution is -2.31. The van der Waals surface area contributed by atoms with Crippen molar-refractivity contribution in [2.24, 2.45) is 5.73 Å². The predicted octanol–water partition coefficient (Wildman–Crippen LogP) is 1.68. The highest BCUT2D eigenvalue weighted by Crippen LogP contribution is 2.19. The van der Waals surface area contributed by atoms with E-state index in [0.29, 0.717) is 32.1 Å². The number of nitrogens with two attached hydrogens (primary N) is 1. The van der Waals surface area contributed by atoms with E-state index in [1.54, 1.807) is 7.11 Å². The lowest BCUT2D eigenvalue weighted by Gasteiger charge is -2.23. The highest BCUT2D eigenvalue weighted by Gasteiger charge is 2.13. The van der Waals surface area contributed by atoms with Crippen LogP contribution in [0.25, 0.3) is 0 Å². The van der Waals surface area contributed by atoms with Crippen molar-refractivity contribution in [2.45, 2.75) is 6.42 Å². The lowest BCUT2D eigenvalue weighted by atomic mass is 10.3. The summed E-state index contributed by atoms with van der Waals surface area (Å²) >= 11 is 5.66. The number of hydrogen-bond acceptors (Lipinski definition) is 4. The van der Waals surface area contributed by atoms with Gasteiger partial charge in [0.05, 0.1) is 11.6 Å². The van der Waals surface area contributed by atoms with Gasteiger partial charge in [-0.15, -0.1) is 0 Å². The molecular weight excluding hydrogens is 245 g/mol. The van der Waals surface area contributed by atoms with Crippen LogP contribution in [0.4, 0.5) is 10.2 Å². The summed E-state index contributed by atoms with van der Waals surface area (Å²) in [5.41, 5.74) is 5.45. The van der Waals surface area contributed by atoms with E-state index < -0.39 is 5.82 Å². The number of hydrogen-bond donors (Lipinski definition) is 1. The SMILES string of the molecule is COCCN(CCCN)c1ncc(Cl)cc1F. The van der Waals surface area contributed by atoms with Crippen LogP contribution in [0, 0.1) is 5.82 Å². The van der Waals surface area contributed by atoms with Crippen LogP contribution in [-0.2, 0) is 4.74 Å². The Bertz CT molecular complexity index is 343. The first-order valence-electron chi connectivity index (χ1n) is 5.44. The number of nitrogens with zero attached hydrogens (tertiary/aromatic N) is 2. The molecule has 1 aromatic rings. The molecule has 0 spiro atoms. The summed E-state index contributed by atoms with van der Waals surface area (Å²) in [6, 6.07) is 1.26. The van der Waals surface area contributed by atoms with Gasteiger partial charge in [0.25, 0.3) is 0 Å². The van der Waals surface area contributed by atoms with E-state index in [2.05, 4.69) is 4.98 Å². The zero-order chi connectivity index (χ0) is 12.7. The van der Waals surface area contributed by atoms with E-state index in [-0.39, 0.29) is 5.02 Å². The van der Waals surface area contributed by atoms with Crippen LogP contribution in [0.1, 0.15) is 6.42 Å². The molecular formula is C11H17ClFN3O. The first kappa shape index (κ1) is 14.2. The average molecular weight is 262 g/mol. The first-order valence-corrected chi connectivity index (χ1v) is 5.81. The Hall–Kier alpha value is -0.910. The zero-order valence-electron chi connectivity index (χ0n) is 9.83. The fourth-order valence-corrected chi connectivity index (χ4v) is 1.59. The third kappa shape index (κ3) is 4.46. The van der Waals surface area contributed by atoms with Crippen LogP contribution in [-0.4, -0.2) is 38.3 Å². The number of ether oxygens (including phenoxy) is 1. The second-order valence-corrected chi connectivity index (χ2v) is 4.02. The van der Waals surface area contributed by atoms with Gasteiger partial charge in [0.2, 0.25) is 0 Å². The van der Waals surface area contributed by atoms with Gasteiger partial charge >= 0.3 is 0 Å². The molecule has 1 heterocycles. The van der Waals surface area contributed by atoms with Crippen molar-refractivity contribution in [1.82, 2.24) is 4.98 Å². The Morgan fingerprint density at radius 1 is 1.53 bits per heavy atom. The Kier molecular flexibility index (Phi) is 6.18. The van der Waals surface area contributed by atoms with Crippen LogP contribution in [0.2, 0.25) is 5.02 Å². The monoisotopic (exact) mass is 261 g/mol. The van der Waals surface area contributed by atoms with Gasteiger partial charge in [-0.05, 0) is 19.0 Å². The van der Waals surface area contributed by atoms with E-state index in [0.717, 1.165) is 6.42 Å². The number of pyridine rings is 1. The Balaban J connectivity index is 2.79. The highest BCUT2D eigenvalue weighted by molar-refractivity contribution is 6.30. The molecule has 96 valence electrons. The summed E-state index contributed by atoms with van der Waals surface area (Å²) in [5.74, 6) is -0.134. The molecule has 0 unspecified atom stereocenters. The molecule has 4 nitrogen and oxygen atoms in total. The van der Waals surface area contributed by atoms with Gasteiger partial charge < -0.3 is 15.4 Å². The number of methoxy groups -OCH3 is 1. The minimum absolute atomic E-state index is 0.289. The van der Waals surface area contributed by atoms with Gasteiger partial charge in [0.1, 0.15) is 0 Å². The summed E-state index contributed by atoms with van der Waals surface area (Å²) in [6.45, 7) is 2.28. The molecule has 0 aliphatic heterocycles. The number of aromatic nitrogens is 1. The van der Waals surface area contributed by atoms with E-state index in [9.17, 15) is 4.39 Å². The highest BCUT2D eigenvalue weighted by atomic mass is 35.5. The third-order valence-corrected chi connectivity index (χ3v) is 2.49. The minimum atomic E-state index is -0.425. The van der Waals surface area contributed by atoms with Crippen molar-refractivity contribution in [3.05, 3.63) is 23.1 Å². The second-order valence-electron chi connectivity index (χ2n) is 3.58. The smallest absolute Gasteiger partial charge is 0.167 e. The van der Waals surface area contributed by atoms with Crippen molar-refractivity contribution >= 4 is 17.4 Å². The molecule has 0 bridgehead atoms. The van der Waals surface area contributed by atoms with Crippen molar-refractivity contribution in [3.8, 4) is 0 Å². The molecule has 6 heteroatoms. The molecule has 0 aromatic carbocycles. The molecule has 0 amide bonds. The molecule has 0 atom stereocenters. The number of anilines is 1. The molecule has 0 saturated heterocycles. The van der Waals surface area contributed by atoms with Crippen LogP contribution < -0.4 is 10.6 Å². The topological polar surface area (TPSA) is 51.4 Å². The summed E-state index contributed by atoms with van der Waals surface area (Å²) in [7, 11) is 1.60. The second kappa shape index (κ2) is 7.42. The molecule has 2 N–H and O–H groups in total. The summed E-state index contributed by atoms with van der Waals surface area (Å²) in [6.07, 6.45) is 2.20. The van der Waals surface area contributed by atoms with Gasteiger partial charge in [-0.2, -0.15) is 0 Å². The quantitative estimate of drug-likeness (QED) is 0.811. The standard InChI is InChI=1S/C11H17ClFN3O/c1-17-6-5-16(4-2-3-14)11-10(13)7-9(12)8-15-11/h7-8H,2-6,14H2,1H3. The maximum atomic E-state index is 13.7. The fraction of sp³-hybridized carbons (Fsp3) is 0.545. The maximum absolute atomic E-state index is 13.7. The van der Waals surface area contributed by atoms with Crippen LogP contribution in [0.3, 0.4) is 0 Å². The Morgan fingerprint density at radius 3 is 2.88 bits per heavy atom. The number of rotatable bonds is 7. The predicted molar refractivity (Wildman–Crippen MR) is 67.0 cm³/mol. The summed E-state index contributed by atoms with van der Waals surface area (Å²) in [4.78, 5) is 5.81. The van der Waals surface area contributed by atoms with Gasteiger partial charge in [-0.1, -0.05) is 11.6 Å². The summed E-state index contributed by atoms with van der Waals surface area (Å²) in [5, 5.41) is 0.289. The molecule has 17 heavy (non-hydrogen) atoms. The first-order chi connectivity index (χ1) is 8.19. The van der Waals surface area contributed by atoms with Crippen molar-refractivity contribution in [2.75, 3.05) is 38.3 Å². The van der Waals surface area contributed by atoms with Gasteiger partial charge in [0, 0.05) is 26.4 Å². The molecule has 0 fully saturated rings. The number of halogens is 2. The van der Waals surface area contributed by atoms with E-state index in [1.165, 1.54) is 12.3 Å². The van der Waals surface area contributed by atoms with Crippen molar-refractivity contribution in [3.63, 3.8) is 0 Å². The fourth-order valence-electron chi connectivity index (χ4n) is 1.45. The normalized spacial score (nSPS) is 10.6. The van der Waals surface area contributed by atoms with Crippen LogP contribution >= 0.6 is 11.6 Å². The van der Waals surface area contributed by atoms with Crippen LogP contribution in [0.15, 0.2) is 12.3 Å². The van der Waals surface area contributed by atoms with Gasteiger partial charge in [-0.25, -0.2) is 9.37 Å². The van der Waals surface area contributed by atoms with Gasteiger partial charge in [0.15, 0.2) is 11.6 Å². The average Bonchev–Trinajstić information content (AvgIpc) is 2.30. The minimum Gasteiger partial charge on any atom is -0.383 e. The summed E-state index contributed by atoms with van der Waals surface area (Å²) < 4.78 is 18.7. The van der Waals surface area contributed by atoms with Crippen molar-refractivity contribution in [1.29, 1.82) is 0 Å². The van der Waals surface area contributed by atoms with E-state index in [1.807, 2.05) is 4.90 Å². The zero-order valence-corrected chi connectivity index (χ0v) is 10.6. The third-order valence-electron chi connectivity index (χ3n) is 2.29. The Morgan fingerprint density at radius 2 is 2.29 bits per heavy atom. The Labute approximate surface area is 106 Å². The van der Waals surface area contributed by atoms with E-state index >= 15 is 0 Å².